The third-order valence-corrected chi connectivity index (χ3v) is 5.40. The standard InChI is InChI=1S/C23H18ClFO4/c24-16-4-8-18(23(27)28)20(11-16)14-3-7-19-21(10-14)29-12-15(22(19)26)9-13-1-5-17(25)6-2-13/h1-8,10-11,15,22,26H,9,12H2,(H,27,28)/t15-,22+/m0/s1. The zero-order valence-corrected chi connectivity index (χ0v) is 16.1. The minimum absolute atomic E-state index is 0.139. The van der Waals surface area contributed by atoms with Gasteiger partial charge in [-0.25, -0.2) is 9.18 Å². The predicted molar refractivity (Wildman–Crippen MR) is 108 cm³/mol. The topological polar surface area (TPSA) is 66.8 Å². The molecule has 29 heavy (non-hydrogen) atoms. The van der Waals surface area contributed by atoms with E-state index in [9.17, 15) is 19.4 Å². The van der Waals surface area contributed by atoms with E-state index in [4.69, 9.17) is 16.3 Å². The lowest BCUT2D eigenvalue weighted by Crippen LogP contribution is -2.27. The Labute approximate surface area is 172 Å². The largest absolute Gasteiger partial charge is 0.493 e. The molecule has 4 rings (SSSR count). The van der Waals surface area contributed by atoms with Gasteiger partial charge < -0.3 is 14.9 Å². The maximum absolute atomic E-state index is 13.1. The zero-order chi connectivity index (χ0) is 20.5. The second-order valence-corrected chi connectivity index (χ2v) is 7.53. The Kier molecular flexibility index (Phi) is 5.26. The second-order valence-electron chi connectivity index (χ2n) is 7.09. The number of fused-ring (bicyclic) bond motifs is 1. The van der Waals surface area contributed by atoms with Crippen LogP contribution in [0, 0.1) is 11.7 Å². The first kappa shape index (κ1) is 19.4. The smallest absolute Gasteiger partial charge is 0.336 e. The molecule has 1 aliphatic rings. The number of carboxylic acids is 1. The van der Waals surface area contributed by atoms with Crippen molar-refractivity contribution in [2.75, 3.05) is 6.61 Å². The third-order valence-electron chi connectivity index (χ3n) is 5.17. The molecule has 0 aromatic heterocycles. The lowest BCUT2D eigenvalue weighted by Gasteiger charge is -2.31. The van der Waals surface area contributed by atoms with Gasteiger partial charge in [0.15, 0.2) is 0 Å². The summed E-state index contributed by atoms with van der Waals surface area (Å²) in [4.78, 5) is 11.5. The molecule has 148 valence electrons. The van der Waals surface area contributed by atoms with E-state index in [1.54, 1.807) is 36.4 Å². The lowest BCUT2D eigenvalue weighted by atomic mass is 9.87. The number of aromatic carboxylic acids is 1. The Morgan fingerprint density at radius 3 is 2.59 bits per heavy atom. The van der Waals surface area contributed by atoms with Crippen molar-refractivity contribution in [3.8, 4) is 16.9 Å². The fraction of sp³-hybridized carbons (Fsp3) is 0.174. The molecule has 0 saturated carbocycles. The maximum atomic E-state index is 13.1. The number of halogens is 2. The Morgan fingerprint density at radius 2 is 1.86 bits per heavy atom. The van der Waals surface area contributed by atoms with Crippen LogP contribution >= 0.6 is 11.6 Å². The molecule has 3 aromatic carbocycles. The van der Waals surface area contributed by atoms with Crippen molar-refractivity contribution >= 4 is 17.6 Å². The summed E-state index contributed by atoms with van der Waals surface area (Å²) in [5, 5.41) is 20.7. The summed E-state index contributed by atoms with van der Waals surface area (Å²) in [5.41, 5.74) is 2.84. The molecule has 1 aliphatic heterocycles. The van der Waals surface area contributed by atoms with Gasteiger partial charge in [0.05, 0.1) is 18.3 Å². The minimum Gasteiger partial charge on any atom is -0.493 e. The van der Waals surface area contributed by atoms with E-state index in [0.29, 0.717) is 40.5 Å². The minimum atomic E-state index is -1.05. The van der Waals surface area contributed by atoms with Crippen molar-refractivity contribution in [3.05, 3.63) is 88.2 Å². The molecule has 0 spiro atoms. The number of aliphatic hydroxyl groups excluding tert-OH is 1. The molecule has 1 heterocycles. The summed E-state index contributed by atoms with van der Waals surface area (Å²) in [5.74, 6) is -0.996. The normalized spacial score (nSPS) is 18.0. The van der Waals surface area contributed by atoms with E-state index >= 15 is 0 Å². The van der Waals surface area contributed by atoms with Gasteiger partial charge in [-0.15, -0.1) is 0 Å². The van der Waals surface area contributed by atoms with Gasteiger partial charge in [0.1, 0.15) is 11.6 Å². The van der Waals surface area contributed by atoms with Gasteiger partial charge in [-0.1, -0.05) is 35.9 Å². The Balaban J connectivity index is 1.62. The van der Waals surface area contributed by atoms with Gasteiger partial charge in [0.2, 0.25) is 0 Å². The van der Waals surface area contributed by atoms with Crippen LogP contribution in [0.3, 0.4) is 0 Å². The van der Waals surface area contributed by atoms with Crippen LogP contribution in [0.15, 0.2) is 60.7 Å². The summed E-state index contributed by atoms with van der Waals surface area (Å²) >= 11 is 6.06. The number of hydrogen-bond donors (Lipinski definition) is 2. The summed E-state index contributed by atoms with van der Waals surface area (Å²) in [6, 6.07) is 16.0. The van der Waals surface area contributed by atoms with E-state index in [-0.39, 0.29) is 17.3 Å². The van der Waals surface area contributed by atoms with Gasteiger partial charge in [-0.2, -0.15) is 0 Å². The average molecular weight is 413 g/mol. The first-order chi connectivity index (χ1) is 13.9. The average Bonchev–Trinajstić information content (AvgIpc) is 2.71. The molecule has 6 heteroatoms. The molecule has 4 nitrogen and oxygen atoms in total. The van der Waals surface area contributed by atoms with Crippen molar-refractivity contribution in [1.82, 2.24) is 0 Å². The fourth-order valence-electron chi connectivity index (χ4n) is 3.65. The molecule has 0 fully saturated rings. The van der Waals surface area contributed by atoms with Crippen LogP contribution in [0.4, 0.5) is 4.39 Å². The number of benzene rings is 3. The molecule has 0 radical (unpaired) electrons. The Morgan fingerprint density at radius 1 is 1.10 bits per heavy atom. The highest BCUT2D eigenvalue weighted by Gasteiger charge is 2.30. The van der Waals surface area contributed by atoms with Crippen molar-refractivity contribution < 1.29 is 24.1 Å². The number of aliphatic hydroxyl groups is 1. The number of hydrogen-bond acceptors (Lipinski definition) is 3. The quantitative estimate of drug-likeness (QED) is 0.623. The van der Waals surface area contributed by atoms with Crippen LogP contribution in [0.5, 0.6) is 5.75 Å². The highest BCUT2D eigenvalue weighted by Crippen LogP contribution is 2.40. The second kappa shape index (κ2) is 7.85. The van der Waals surface area contributed by atoms with Crippen LogP contribution in [-0.4, -0.2) is 22.8 Å². The van der Waals surface area contributed by atoms with Gasteiger partial charge in [0, 0.05) is 16.5 Å². The van der Waals surface area contributed by atoms with Gasteiger partial charge >= 0.3 is 5.97 Å². The number of rotatable bonds is 4. The summed E-state index contributed by atoms with van der Waals surface area (Å²) < 4.78 is 19.0. The van der Waals surface area contributed by atoms with Crippen LogP contribution in [0.1, 0.15) is 27.6 Å². The van der Waals surface area contributed by atoms with E-state index in [0.717, 1.165) is 5.56 Å². The summed E-state index contributed by atoms with van der Waals surface area (Å²) in [6.45, 7) is 0.302. The van der Waals surface area contributed by atoms with E-state index in [2.05, 4.69) is 0 Å². The molecule has 0 aliphatic carbocycles. The third kappa shape index (κ3) is 3.97. The fourth-order valence-corrected chi connectivity index (χ4v) is 3.82. The molecule has 0 bridgehead atoms. The molecule has 0 amide bonds. The van der Waals surface area contributed by atoms with E-state index < -0.39 is 12.1 Å². The van der Waals surface area contributed by atoms with Crippen LogP contribution in [0.2, 0.25) is 5.02 Å². The number of carboxylic acid groups (broad SMARTS) is 1. The van der Waals surface area contributed by atoms with Gasteiger partial charge in [-0.05, 0) is 59.5 Å². The van der Waals surface area contributed by atoms with Gasteiger partial charge in [-0.3, -0.25) is 0 Å². The lowest BCUT2D eigenvalue weighted by molar-refractivity contribution is 0.0508. The van der Waals surface area contributed by atoms with Crippen molar-refractivity contribution in [2.24, 2.45) is 5.92 Å². The van der Waals surface area contributed by atoms with Crippen molar-refractivity contribution in [3.63, 3.8) is 0 Å². The van der Waals surface area contributed by atoms with Gasteiger partial charge in [0.25, 0.3) is 0 Å². The first-order valence-electron chi connectivity index (χ1n) is 9.15. The highest BCUT2D eigenvalue weighted by molar-refractivity contribution is 6.31. The van der Waals surface area contributed by atoms with E-state index in [1.165, 1.54) is 24.3 Å². The summed E-state index contributed by atoms with van der Waals surface area (Å²) in [6.07, 6.45) is -0.184. The highest BCUT2D eigenvalue weighted by atomic mass is 35.5. The first-order valence-corrected chi connectivity index (χ1v) is 9.52. The number of ether oxygens (including phenoxy) is 1. The number of carbonyl (C=O) groups is 1. The Bertz CT molecular complexity index is 1060. The van der Waals surface area contributed by atoms with Crippen molar-refractivity contribution in [2.45, 2.75) is 12.5 Å². The SMILES string of the molecule is O=C(O)c1ccc(Cl)cc1-c1ccc2c(c1)OC[C@H](Cc1ccc(F)cc1)[C@H]2O. The molecule has 0 saturated heterocycles. The van der Waals surface area contributed by atoms with Crippen molar-refractivity contribution in [1.29, 1.82) is 0 Å². The summed E-state index contributed by atoms with van der Waals surface area (Å²) in [7, 11) is 0. The van der Waals surface area contributed by atoms with Crippen LogP contribution in [0.25, 0.3) is 11.1 Å². The predicted octanol–water partition coefficient (Wildman–Crippen LogP) is 5.13. The molecule has 3 aromatic rings. The molecule has 0 unspecified atom stereocenters. The monoisotopic (exact) mass is 412 g/mol. The Hall–Kier alpha value is -2.89. The maximum Gasteiger partial charge on any atom is 0.336 e. The molecular formula is C23H18ClFO4. The molecule has 2 atom stereocenters. The van der Waals surface area contributed by atoms with Crippen LogP contribution in [-0.2, 0) is 6.42 Å². The van der Waals surface area contributed by atoms with Crippen LogP contribution < -0.4 is 4.74 Å². The molecular weight excluding hydrogens is 395 g/mol. The molecule has 2 N–H and O–H groups in total. The zero-order valence-electron chi connectivity index (χ0n) is 15.3. The van der Waals surface area contributed by atoms with E-state index in [1.807, 2.05) is 0 Å².